The van der Waals surface area contributed by atoms with Gasteiger partial charge in [0, 0.05) is 35.1 Å². The number of hydrogen-bond donors (Lipinski definition) is 4. The first-order valence-corrected chi connectivity index (χ1v) is 13.9. The highest BCUT2D eigenvalue weighted by Crippen LogP contribution is 2.14. The Morgan fingerprint density at radius 1 is 0.533 bits per heavy atom. The lowest BCUT2D eigenvalue weighted by molar-refractivity contribution is 0.0829. The maximum Gasteiger partial charge on any atom is 0.0680 e. The van der Waals surface area contributed by atoms with E-state index in [4.69, 9.17) is 0 Å². The van der Waals surface area contributed by atoms with Crippen LogP contribution in [0.3, 0.4) is 0 Å². The van der Waals surface area contributed by atoms with Gasteiger partial charge in [-0.1, -0.05) is 90.9 Å². The summed E-state index contributed by atoms with van der Waals surface area (Å²) >= 11 is 0. The van der Waals surface area contributed by atoms with Gasteiger partial charge in [0.2, 0.25) is 0 Å². The predicted molar refractivity (Wildman–Crippen MR) is 127 cm³/mol. The van der Waals surface area contributed by atoms with Crippen LogP contribution in [0, 0.1) is 0 Å². The summed E-state index contributed by atoms with van der Waals surface area (Å²) in [6, 6.07) is 0. The molecule has 182 valence electrons. The number of aliphatic hydroxyl groups excluding tert-OH is 4. The van der Waals surface area contributed by atoms with Crippen molar-refractivity contribution in [1.29, 1.82) is 0 Å². The van der Waals surface area contributed by atoms with Crippen molar-refractivity contribution in [2.24, 2.45) is 0 Å². The Labute approximate surface area is 188 Å². The molecule has 0 bridgehead atoms. The minimum absolute atomic E-state index is 0.0676. The van der Waals surface area contributed by atoms with Gasteiger partial charge in [-0.25, -0.2) is 0 Å². The van der Waals surface area contributed by atoms with E-state index in [9.17, 15) is 24.6 Å². The molecule has 0 saturated carbocycles. The minimum atomic E-state index is -1.36. The van der Waals surface area contributed by atoms with Crippen molar-refractivity contribution in [1.82, 2.24) is 0 Å². The zero-order valence-corrected chi connectivity index (χ0v) is 20.5. The Morgan fingerprint density at radius 2 is 0.867 bits per heavy atom. The van der Waals surface area contributed by atoms with E-state index in [0.29, 0.717) is 12.8 Å². The molecule has 4 N–H and O–H groups in total. The standard InChI is InChI=1S/C24H50O5S/c1-3-5-7-9-11-13-15-21(25)17-23(27)19-30(29)20-24(28)18-22(26)16-14-12-10-8-6-4-2/h21-28H,3-20H2,1-2H3. The van der Waals surface area contributed by atoms with Gasteiger partial charge in [-0.2, -0.15) is 0 Å². The van der Waals surface area contributed by atoms with Crippen LogP contribution in [0.4, 0.5) is 0 Å². The summed E-state index contributed by atoms with van der Waals surface area (Å²) in [6.07, 6.45) is 13.0. The number of aliphatic hydroxyl groups is 4. The molecular weight excluding hydrogens is 400 g/mol. The van der Waals surface area contributed by atoms with Gasteiger partial charge in [0.25, 0.3) is 0 Å². The third kappa shape index (κ3) is 19.9. The summed E-state index contributed by atoms with van der Waals surface area (Å²) in [4.78, 5) is 0. The maximum absolute atomic E-state index is 12.2. The van der Waals surface area contributed by atoms with E-state index in [2.05, 4.69) is 13.8 Å². The fourth-order valence-corrected chi connectivity index (χ4v) is 5.08. The highest BCUT2D eigenvalue weighted by Gasteiger charge is 2.19. The molecule has 0 saturated heterocycles. The molecule has 0 heterocycles. The average Bonchev–Trinajstić information content (AvgIpc) is 2.66. The molecule has 0 aliphatic rings. The molecule has 4 atom stereocenters. The monoisotopic (exact) mass is 450 g/mol. The zero-order chi connectivity index (χ0) is 22.6. The maximum atomic E-state index is 12.2. The summed E-state index contributed by atoms with van der Waals surface area (Å²) < 4.78 is 12.2. The predicted octanol–water partition coefficient (Wildman–Crippen LogP) is 4.46. The second-order valence-corrected chi connectivity index (χ2v) is 10.5. The summed E-state index contributed by atoms with van der Waals surface area (Å²) in [7, 11) is -1.36. The van der Waals surface area contributed by atoms with Crippen LogP contribution < -0.4 is 0 Å². The molecule has 0 amide bonds. The van der Waals surface area contributed by atoms with Crippen molar-refractivity contribution >= 4 is 10.8 Å². The minimum Gasteiger partial charge on any atom is -0.393 e. The molecule has 0 spiro atoms. The van der Waals surface area contributed by atoms with E-state index >= 15 is 0 Å². The highest BCUT2D eigenvalue weighted by atomic mass is 32.2. The summed E-state index contributed by atoms with van der Waals surface area (Å²) in [5, 5.41) is 40.2. The molecule has 4 unspecified atom stereocenters. The molecule has 0 aromatic heterocycles. The van der Waals surface area contributed by atoms with Gasteiger partial charge in [-0.15, -0.1) is 0 Å². The summed E-state index contributed by atoms with van der Waals surface area (Å²) in [5.74, 6) is 0.135. The van der Waals surface area contributed by atoms with Crippen molar-refractivity contribution in [3.05, 3.63) is 0 Å². The van der Waals surface area contributed by atoms with Gasteiger partial charge >= 0.3 is 0 Å². The molecular formula is C24H50O5S. The van der Waals surface area contributed by atoms with Gasteiger partial charge in [0.05, 0.1) is 24.4 Å². The first-order chi connectivity index (χ1) is 14.4. The quantitative estimate of drug-likeness (QED) is 0.183. The van der Waals surface area contributed by atoms with Crippen molar-refractivity contribution in [3.63, 3.8) is 0 Å². The van der Waals surface area contributed by atoms with E-state index in [1.165, 1.54) is 51.4 Å². The normalized spacial score (nSPS) is 16.9. The molecule has 5 nitrogen and oxygen atoms in total. The van der Waals surface area contributed by atoms with Gasteiger partial charge in [0.1, 0.15) is 0 Å². The Balaban J connectivity index is 3.80. The van der Waals surface area contributed by atoms with E-state index < -0.39 is 35.2 Å². The lowest BCUT2D eigenvalue weighted by Crippen LogP contribution is -2.29. The van der Waals surface area contributed by atoms with Crippen molar-refractivity contribution in [3.8, 4) is 0 Å². The lowest BCUT2D eigenvalue weighted by Gasteiger charge is -2.18. The molecule has 0 aromatic rings. The molecule has 30 heavy (non-hydrogen) atoms. The Kier molecular flexibility index (Phi) is 20.9. The summed E-state index contributed by atoms with van der Waals surface area (Å²) in [6.45, 7) is 4.37. The van der Waals surface area contributed by atoms with Crippen LogP contribution in [-0.2, 0) is 10.8 Å². The Hall–Kier alpha value is -0.0100. The van der Waals surface area contributed by atoms with Gasteiger partial charge in [0.15, 0.2) is 0 Å². The third-order valence-electron chi connectivity index (χ3n) is 5.63. The van der Waals surface area contributed by atoms with Crippen LogP contribution in [0.25, 0.3) is 0 Å². The van der Waals surface area contributed by atoms with Crippen molar-refractivity contribution < 1.29 is 24.6 Å². The van der Waals surface area contributed by atoms with E-state index in [1.54, 1.807) is 0 Å². The molecule has 0 fully saturated rings. The summed E-state index contributed by atoms with van der Waals surface area (Å²) in [5.41, 5.74) is 0. The zero-order valence-electron chi connectivity index (χ0n) is 19.6. The van der Waals surface area contributed by atoms with E-state index in [1.807, 2.05) is 0 Å². The molecule has 6 heteroatoms. The molecule has 0 aliphatic carbocycles. The van der Waals surface area contributed by atoms with Crippen LogP contribution in [0.2, 0.25) is 0 Å². The Morgan fingerprint density at radius 3 is 1.23 bits per heavy atom. The average molecular weight is 451 g/mol. The SMILES string of the molecule is CCCCCCCCC(O)CC(O)CS(=O)CC(O)CC(O)CCCCCCCC. The van der Waals surface area contributed by atoms with Crippen LogP contribution in [0.15, 0.2) is 0 Å². The van der Waals surface area contributed by atoms with Gasteiger partial charge in [-0.3, -0.25) is 4.21 Å². The van der Waals surface area contributed by atoms with Crippen LogP contribution >= 0.6 is 0 Å². The largest absolute Gasteiger partial charge is 0.393 e. The van der Waals surface area contributed by atoms with Crippen molar-refractivity contribution in [2.75, 3.05) is 11.5 Å². The molecule has 0 aliphatic heterocycles. The second kappa shape index (κ2) is 20.9. The number of unbranched alkanes of at least 4 members (excludes halogenated alkanes) is 10. The van der Waals surface area contributed by atoms with Crippen LogP contribution in [0.1, 0.15) is 117 Å². The highest BCUT2D eigenvalue weighted by molar-refractivity contribution is 7.85. The van der Waals surface area contributed by atoms with E-state index in [0.717, 1.165) is 25.7 Å². The molecule has 0 aromatic carbocycles. The first kappa shape index (κ1) is 30.0. The smallest absolute Gasteiger partial charge is 0.0680 e. The molecule has 0 rings (SSSR count). The van der Waals surface area contributed by atoms with E-state index in [-0.39, 0.29) is 24.3 Å². The lowest BCUT2D eigenvalue weighted by atomic mass is 10.0. The van der Waals surface area contributed by atoms with Crippen molar-refractivity contribution in [2.45, 2.75) is 141 Å². The van der Waals surface area contributed by atoms with Crippen LogP contribution in [-0.4, -0.2) is 60.6 Å². The van der Waals surface area contributed by atoms with Crippen LogP contribution in [0.5, 0.6) is 0 Å². The number of rotatable bonds is 22. The van der Waals surface area contributed by atoms with Gasteiger partial charge < -0.3 is 20.4 Å². The molecule has 0 radical (unpaired) electrons. The fraction of sp³-hybridized carbons (Fsp3) is 1.00. The fourth-order valence-electron chi connectivity index (χ4n) is 3.82. The second-order valence-electron chi connectivity index (χ2n) is 8.97. The Bertz CT molecular complexity index is 360. The number of hydrogen-bond acceptors (Lipinski definition) is 5. The third-order valence-corrected chi connectivity index (χ3v) is 7.14. The first-order valence-electron chi connectivity index (χ1n) is 12.5. The topological polar surface area (TPSA) is 98.0 Å². The van der Waals surface area contributed by atoms with Gasteiger partial charge in [-0.05, 0) is 12.8 Å².